The number of hydrogen-bond donors (Lipinski definition) is 3. The van der Waals surface area contributed by atoms with Gasteiger partial charge in [-0.3, -0.25) is 0 Å². The van der Waals surface area contributed by atoms with Crippen LogP contribution in [0.2, 0.25) is 0 Å². The maximum atomic E-state index is 11.4. The van der Waals surface area contributed by atoms with Crippen molar-refractivity contribution >= 4 is 11.5 Å². The first-order chi connectivity index (χ1) is 9.74. The van der Waals surface area contributed by atoms with Crippen molar-refractivity contribution in [1.29, 1.82) is 0 Å². The third-order valence-corrected chi connectivity index (χ3v) is 4.60. The van der Waals surface area contributed by atoms with E-state index in [9.17, 15) is 4.79 Å². The summed E-state index contributed by atoms with van der Waals surface area (Å²) in [4.78, 5) is 15.7. The highest BCUT2D eigenvalue weighted by Gasteiger charge is 2.40. The largest absolute Gasteiger partial charge is 0.367 e. The quantitative estimate of drug-likeness (QED) is 0.742. The second-order valence-corrected chi connectivity index (χ2v) is 5.93. The molecule has 1 aliphatic heterocycles. The van der Waals surface area contributed by atoms with Crippen LogP contribution in [-0.2, 0) is 0 Å². The highest BCUT2D eigenvalue weighted by atomic mass is 16.1. The molecule has 1 saturated carbocycles. The SMILES string of the molecule is O=c1[nH]nc2cc(NC3CCNC4(CCC4)C3)ncn12. The normalized spacial score (nSPS) is 24.7. The second-order valence-electron chi connectivity index (χ2n) is 5.93. The average Bonchev–Trinajstić information content (AvgIpc) is 2.79. The Morgan fingerprint density at radius 2 is 2.35 bits per heavy atom. The van der Waals surface area contributed by atoms with E-state index in [0.29, 0.717) is 17.2 Å². The molecule has 2 fully saturated rings. The first-order valence-corrected chi connectivity index (χ1v) is 7.19. The predicted octanol–water partition coefficient (Wildman–Crippen LogP) is 0.504. The Morgan fingerprint density at radius 3 is 3.15 bits per heavy atom. The highest BCUT2D eigenvalue weighted by Crippen LogP contribution is 2.38. The first-order valence-electron chi connectivity index (χ1n) is 7.19. The van der Waals surface area contributed by atoms with Gasteiger partial charge in [0.2, 0.25) is 0 Å². The van der Waals surface area contributed by atoms with E-state index >= 15 is 0 Å². The van der Waals surface area contributed by atoms with E-state index in [1.54, 1.807) is 0 Å². The molecule has 0 bridgehead atoms. The van der Waals surface area contributed by atoms with Gasteiger partial charge in [0.1, 0.15) is 12.1 Å². The summed E-state index contributed by atoms with van der Waals surface area (Å²) in [5, 5.41) is 13.5. The van der Waals surface area contributed by atoms with Crippen LogP contribution in [0.5, 0.6) is 0 Å². The number of hydrogen-bond acceptors (Lipinski definition) is 5. The van der Waals surface area contributed by atoms with Gasteiger partial charge in [0.25, 0.3) is 0 Å². The summed E-state index contributed by atoms with van der Waals surface area (Å²) in [6.45, 7) is 1.06. The van der Waals surface area contributed by atoms with Gasteiger partial charge in [-0.05, 0) is 38.6 Å². The number of nitrogens with one attached hydrogen (secondary N) is 3. The Morgan fingerprint density at radius 1 is 1.45 bits per heavy atom. The fourth-order valence-electron chi connectivity index (χ4n) is 3.36. The van der Waals surface area contributed by atoms with Gasteiger partial charge in [-0.1, -0.05) is 0 Å². The fourth-order valence-corrected chi connectivity index (χ4v) is 3.36. The molecule has 1 atom stereocenters. The Balaban J connectivity index is 1.53. The standard InChI is InChI=1S/C13H18N6O/c20-12-18-17-11-6-10(14-8-19(11)12)16-9-2-5-15-13(7-9)3-1-4-13/h6,8-9,15-16H,1-5,7H2,(H,18,20). The monoisotopic (exact) mass is 274 g/mol. The molecule has 0 amide bonds. The molecular weight excluding hydrogens is 256 g/mol. The Kier molecular flexibility index (Phi) is 2.56. The number of piperidine rings is 1. The van der Waals surface area contributed by atoms with Gasteiger partial charge >= 0.3 is 5.69 Å². The number of anilines is 1. The summed E-state index contributed by atoms with van der Waals surface area (Å²) < 4.78 is 1.40. The molecule has 7 nitrogen and oxygen atoms in total. The van der Waals surface area contributed by atoms with Crippen LogP contribution in [0.25, 0.3) is 5.65 Å². The second kappa shape index (κ2) is 4.31. The molecule has 20 heavy (non-hydrogen) atoms. The van der Waals surface area contributed by atoms with Crippen molar-refractivity contribution in [2.45, 2.75) is 43.7 Å². The van der Waals surface area contributed by atoms with Crippen LogP contribution in [0.15, 0.2) is 17.2 Å². The number of fused-ring (bicyclic) bond motifs is 1. The lowest BCUT2D eigenvalue weighted by Crippen LogP contribution is -2.58. The number of rotatable bonds is 2. The zero-order valence-electron chi connectivity index (χ0n) is 11.2. The van der Waals surface area contributed by atoms with E-state index in [1.807, 2.05) is 6.07 Å². The maximum absolute atomic E-state index is 11.4. The minimum absolute atomic E-state index is 0.255. The number of aromatic amines is 1. The molecule has 2 aliphatic rings. The van der Waals surface area contributed by atoms with Crippen molar-refractivity contribution in [3.8, 4) is 0 Å². The molecule has 3 heterocycles. The average molecular weight is 274 g/mol. The van der Waals surface area contributed by atoms with E-state index in [0.717, 1.165) is 25.2 Å². The molecule has 2 aromatic rings. The van der Waals surface area contributed by atoms with Crippen molar-refractivity contribution in [2.75, 3.05) is 11.9 Å². The molecule has 1 spiro atoms. The zero-order chi connectivity index (χ0) is 13.6. The van der Waals surface area contributed by atoms with Crippen LogP contribution in [0.1, 0.15) is 32.1 Å². The van der Waals surface area contributed by atoms with Crippen LogP contribution < -0.4 is 16.3 Å². The van der Waals surface area contributed by atoms with Crippen molar-refractivity contribution in [3.63, 3.8) is 0 Å². The summed E-state index contributed by atoms with van der Waals surface area (Å²) in [7, 11) is 0. The van der Waals surface area contributed by atoms with Gasteiger partial charge < -0.3 is 10.6 Å². The molecule has 0 aromatic carbocycles. The van der Waals surface area contributed by atoms with E-state index < -0.39 is 0 Å². The molecule has 1 aliphatic carbocycles. The molecule has 1 unspecified atom stereocenters. The lowest BCUT2D eigenvalue weighted by Gasteiger charge is -2.48. The third-order valence-electron chi connectivity index (χ3n) is 4.60. The summed E-state index contributed by atoms with van der Waals surface area (Å²) in [5.41, 5.74) is 0.706. The van der Waals surface area contributed by atoms with Crippen molar-refractivity contribution < 1.29 is 0 Å². The summed E-state index contributed by atoms with van der Waals surface area (Å²) in [6.07, 6.45) is 7.66. The molecule has 3 N–H and O–H groups in total. The minimum Gasteiger partial charge on any atom is -0.367 e. The summed E-state index contributed by atoms with van der Waals surface area (Å²) >= 11 is 0. The Labute approximate surface area is 115 Å². The summed E-state index contributed by atoms with van der Waals surface area (Å²) in [5.74, 6) is 0.790. The van der Waals surface area contributed by atoms with E-state index in [4.69, 9.17) is 0 Å². The van der Waals surface area contributed by atoms with Crippen molar-refractivity contribution in [3.05, 3.63) is 22.9 Å². The number of H-pyrrole nitrogens is 1. The molecule has 2 aromatic heterocycles. The Bertz CT molecular complexity index is 685. The number of nitrogens with zero attached hydrogens (tertiary/aromatic N) is 3. The smallest absolute Gasteiger partial charge is 0.348 e. The van der Waals surface area contributed by atoms with Crippen LogP contribution in [0.4, 0.5) is 5.82 Å². The molecule has 7 heteroatoms. The van der Waals surface area contributed by atoms with E-state index in [2.05, 4.69) is 25.8 Å². The van der Waals surface area contributed by atoms with Crippen molar-refractivity contribution in [1.82, 2.24) is 24.9 Å². The summed E-state index contributed by atoms with van der Waals surface area (Å²) in [6, 6.07) is 2.25. The van der Waals surface area contributed by atoms with Crippen LogP contribution in [-0.4, -0.2) is 37.7 Å². The van der Waals surface area contributed by atoms with Crippen LogP contribution >= 0.6 is 0 Å². The van der Waals surface area contributed by atoms with Gasteiger partial charge in [-0.15, -0.1) is 0 Å². The lowest BCUT2D eigenvalue weighted by atomic mass is 9.70. The lowest BCUT2D eigenvalue weighted by molar-refractivity contribution is 0.135. The minimum atomic E-state index is -0.255. The zero-order valence-corrected chi connectivity index (χ0v) is 11.2. The Hall–Kier alpha value is -1.89. The number of aromatic nitrogens is 4. The van der Waals surface area contributed by atoms with E-state index in [1.165, 1.54) is 30.0 Å². The predicted molar refractivity (Wildman–Crippen MR) is 74.8 cm³/mol. The first kappa shape index (κ1) is 11.9. The molecule has 1 saturated heterocycles. The van der Waals surface area contributed by atoms with Gasteiger partial charge in [-0.25, -0.2) is 19.3 Å². The molecule has 106 valence electrons. The maximum Gasteiger partial charge on any atom is 0.348 e. The van der Waals surface area contributed by atoms with Gasteiger partial charge in [0.05, 0.1) is 0 Å². The van der Waals surface area contributed by atoms with Crippen LogP contribution in [0.3, 0.4) is 0 Å². The molecular formula is C13H18N6O. The van der Waals surface area contributed by atoms with Gasteiger partial charge in [0, 0.05) is 17.6 Å². The molecule has 4 rings (SSSR count). The molecule has 0 radical (unpaired) electrons. The van der Waals surface area contributed by atoms with Crippen molar-refractivity contribution in [2.24, 2.45) is 0 Å². The fraction of sp³-hybridized carbons (Fsp3) is 0.615. The van der Waals surface area contributed by atoms with Gasteiger partial charge in [-0.2, -0.15) is 5.10 Å². The third kappa shape index (κ3) is 1.89. The van der Waals surface area contributed by atoms with E-state index in [-0.39, 0.29) is 5.69 Å². The topological polar surface area (TPSA) is 87.1 Å². The van der Waals surface area contributed by atoms with Gasteiger partial charge in [0.15, 0.2) is 5.65 Å². The highest BCUT2D eigenvalue weighted by molar-refractivity contribution is 5.48. The van der Waals surface area contributed by atoms with Crippen LogP contribution in [0, 0.1) is 0 Å².